The van der Waals surface area contributed by atoms with Crippen molar-refractivity contribution in [1.29, 1.82) is 0 Å². The molecule has 0 saturated carbocycles. The molecule has 0 radical (unpaired) electrons. The smallest absolute Gasteiger partial charge is 0.348 e. The van der Waals surface area contributed by atoms with E-state index in [4.69, 9.17) is 16.3 Å². The van der Waals surface area contributed by atoms with Gasteiger partial charge in [0, 0.05) is 18.8 Å². The molecule has 1 fully saturated rings. The van der Waals surface area contributed by atoms with Crippen molar-refractivity contribution in [3.8, 4) is 0 Å². The number of fused-ring (bicyclic) bond motifs is 1. The van der Waals surface area contributed by atoms with E-state index in [0.717, 1.165) is 30.0 Å². The van der Waals surface area contributed by atoms with Crippen LogP contribution in [-0.2, 0) is 4.74 Å². The lowest BCUT2D eigenvalue weighted by Crippen LogP contribution is -2.29. The molecule has 0 atom stereocenters. The molecule has 0 bridgehead atoms. The Kier molecular flexibility index (Phi) is 5.92. The quantitative estimate of drug-likeness (QED) is 0.586. The van der Waals surface area contributed by atoms with Gasteiger partial charge in [0.25, 0.3) is 5.56 Å². The summed E-state index contributed by atoms with van der Waals surface area (Å²) in [7, 11) is 1.31. The SMILES string of the molecule is COC(=O)c1sc2nc(C(Cl)=Cc3ccc(N4CCCCC4)cc3)[nH]c(=O)c2c1C. The summed E-state index contributed by atoms with van der Waals surface area (Å²) in [5, 5.41) is 0.713. The van der Waals surface area contributed by atoms with Gasteiger partial charge in [0.2, 0.25) is 0 Å². The van der Waals surface area contributed by atoms with Crippen LogP contribution in [0.1, 0.15) is 45.9 Å². The zero-order valence-electron chi connectivity index (χ0n) is 16.8. The number of methoxy groups -OCH3 is 1. The standard InChI is InChI=1S/C22H22ClN3O3S/c1-13-17-20(27)24-19(25-21(17)30-18(13)22(28)29-2)16(23)12-14-6-8-15(9-7-14)26-10-4-3-5-11-26/h6-9,12H,3-5,10-11H2,1-2H3,(H,24,25,27). The molecule has 1 aliphatic heterocycles. The number of nitrogens with zero attached hydrogens (tertiary/aromatic N) is 2. The Morgan fingerprint density at radius 2 is 1.93 bits per heavy atom. The van der Waals surface area contributed by atoms with Gasteiger partial charge < -0.3 is 14.6 Å². The molecule has 1 saturated heterocycles. The van der Waals surface area contributed by atoms with E-state index in [-0.39, 0.29) is 11.4 Å². The first-order chi connectivity index (χ1) is 14.5. The minimum Gasteiger partial charge on any atom is -0.465 e. The maximum Gasteiger partial charge on any atom is 0.348 e. The highest BCUT2D eigenvalue weighted by Gasteiger charge is 2.20. The van der Waals surface area contributed by atoms with E-state index in [0.29, 0.717) is 25.7 Å². The van der Waals surface area contributed by atoms with Crippen LogP contribution in [0.4, 0.5) is 5.69 Å². The number of benzene rings is 1. The van der Waals surface area contributed by atoms with E-state index in [1.807, 2.05) is 12.1 Å². The van der Waals surface area contributed by atoms with Crippen molar-refractivity contribution in [2.24, 2.45) is 0 Å². The lowest BCUT2D eigenvalue weighted by Gasteiger charge is -2.28. The van der Waals surface area contributed by atoms with Gasteiger partial charge in [-0.15, -0.1) is 11.3 Å². The molecule has 1 N–H and O–H groups in total. The lowest BCUT2D eigenvalue weighted by atomic mass is 10.1. The predicted molar refractivity (Wildman–Crippen MR) is 123 cm³/mol. The van der Waals surface area contributed by atoms with Gasteiger partial charge in [0.1, 0.15) is 9.71 Å². The second-order valence-corrected chi connectivity index (χ2v) is 8.68. The van der Waals surface area contributed by atoms with E-state index in [9.17, 15) is 9.59 Å². The topological polar surface area (TPSA) is 75.3 Å². The summed E-state index contributed by atoms with van der Waals surface area (Å²) in [6.45, 7) is 3.90. The number of aryl methyl sites for hydroxylation is 1. The number of aromatic amines is 1. The fraction of sp³-hybridized carbons (Fsp3) is 0.318. The molecule has 156 valence electrons. The Bertz CT molecular complexity index is 1170. The Hall–Kier alpha value is -2.64. The molecule has 6 nitrogen and oxygen atoms in total. The van der Waals surface area contributed by atoms with Crippen molar-refractivity contribution in [2.75, 3.05) is 25.1 Å². The second-order valence-electron chi connectivity index (χ2n) is 7.27. The highest BCUT2D eigenvalue weighted by molar-refractivity contribution is 7.20. The summed E-state index contributed by atoms with van der Waals surface area (Å²) in [5.41, 5.74) is 2.36. The Morgan fingerprint density at radius 3 is 2.60 bits per heavy atom. The molecule has 3 heterocycles. The molecule has 2 aromatic heterocycles. The normalized spacial score (nSPS) is 14.9. The number of anilines is 1. The Morgan fingerprint density at radius 1 is 1.23 bits per heavy atom. The molecular formula is C22H22ClN3O3S. The fourth-order valence-corrected chi connectivity index (χ4v) is 5.01. The van der Waals surface area contributed by atoms with Gasteiger partial charge in [0.05, 0.1) is 17.5 Å². The molecule has 30 heavy (non-hydrogen) atoms. The number of carbonyl (C=O) groups excluding carboxylic acids is 1. The molecule has 0 unspecified atom stereocenters. The van der Waals surface area contributed by atoms with Gasteiger partial charge >= 0.3 is 5.97 Å². The number of halogens is 1. The third kappa shape index (κ3) is 4.00. The number of carbonyl (C=O) groups is 1. The number of nitrogens with one attached hydrogen (secondary N) is 1. The van der Waals surface area contributed by atoms with Gasteiger partial charge in [0.15, 0.2) is 5.82 Å². The first-order valence-electron chi connectivity index (χ1n) is 9.82. The van der Waals surface area contributed by atoms with Crippen LogP contribution in [0.2, 0.25) is 0 Å². The summed E-state index contributed by atoms with van der Waals surface area (Å²) < 4.78 is 4.79. The Labute approximate surface area is 183 Å². The second kappa shape index (κ2) is 8.62. The first kappa shape index (κ1) is 20.6. The molecule has 1 aliphatic rings. The van der Waals surface area contributed by atoms with Crippen LogP contribution in [0.15, 0.2) is 29.1 Å². The van der Waals surface area contributed by atoms with Crippen LogP contribution < -0.4 is 10.5 Å². The van der Waals surface area contributed by atoms with Gasteiger partial charge in [-0.05, 0) is 55.5 Å². The van der Waals surface area contributed by atoms with Crippen LogP contribution in [0.3, 0.4) is 0 Å². The summed E-state index contributed by atoms with van der Waals surface area (Å²) in [4.78, 5) is 34.9. The third-order valence-corrected chi connectivity index (χ3v) is 6.76. The lowest BCUT2D eigenvalue weighted by molar-refractivity contribution is 0.0605. The highest BCUT2D eigenvalue weighted by Crippen LogP contribution is 2.29. The van der Waals surface area contributed by atoms with Crippen molar-refractivity contribution in [2.45, 2.75) is 26.2 Å². The molecule has 8 heteroatoms. The van der Waals surface area contributed by atoms with Crippen molar-refractivity contribution in [3.63, 3.8) is 0 Å². The zero-order valence-corrected chi connectivity index (χ0v) is 18.4. The van der Waals surface area contributed by atoms with Crippen LogP contribution in [0, 0.1) is 6.92 Å². The zero-order chi connectivity index (χ0) is 21.3. The fourth-order valence-electron chi connectivity index (χ4n) is 3.69. The van der Waals surface area contributed by atoms with E-state index in [2.05, 4.69) is 27.0 Å². The molecular weight excluding hydrogens is 422 g/mol. The van der Waals surface area contributed by atoms with Crippen LogP contribution in [-0.4, -0.2) is 36.1 Å². The van der Waals surface area contributed by atoms with Crippen LogP contribution >= 0.6 is 22.9 Å². The minimum absolute atomic E-state index is 0.270. The minimum atomic E-state index is -0.480. The van der Waals surface area contributed by atoms with Crippen molar-refractivity contribution in [1.82, 2.24) is 9.97 Å². The Balaban J connectivity index is 1.63. The molecule has 0 spiro atoms. The molecule has 4 rings (SSSR count). The molecule has 1 aromatic carbocycles. The van der Waals surface area contributed by atoms with E-state index < -0.39 is 5.97 Å². The van der Waals surface area contributed by atoms with E-state index >= 15 is 0 Å². The maximum absolute atomic E-state index is 12.6. The van der Waals surface area contributed by atoms with Crippen LogP contribution in [0.5, 0.6) is 0 Å². The monoisotopic (exact) mass is 443 g/mol. The maximum atomic E-state index is 12.6. The van der Waals surface area contributed by atoms with Gasteiger partial charge in [-0.25, -0.2) is 9.78 Å². The number of H-pyrrole nitrogens is 1. The summed E-state index contributed by atoms with van der Waals surface area (Å²) >= 11 is 7.60. The first-order valence-corrected chi connectivity index (χ1v) is 11.0. The highest BCUT2D eigenvalue weighted by atomic mass is 35.5. The van der Waals surface area contributed by atoms with Crippen molar-refractivity contribution in [3.05, 3.63) is 56.4 Å². The van der Waals surface area contributed by atoms with E-state index in [1.165, 1.54) is 32.1 Å². The summed E-state index contributed by atoms with van der Waals surface area (Å²) in [5.74, 6) is -0.209. The number of piperidine rings is 1. The number of hydrogen-bond donors (Lipinski definition) is 1. The molecule has 0 amide bonds. The number of rotatable bonds is 4. The molecule has 0 aliphatic carbocycles. The van der Waals surface area contributed by atoms with Crippen molar-refractivity contribution < 1.29 is 9.53 Å². The summed E-state index contributed by atoms with van der Waals surface area (Å²) in [6, 6.07) is 8.19. The predicted octanol–water partition coefficient (Wildman–Crippen LogP) is 4.81. The van der Waals surface area contributed by atoms with Gasteiger partial charge in [-0.3, -0.25) is 4.79 Å². The number of ether oxygens (including phenoxy) is 1. The van der Waals surface area contributed by atoms with Gasteiger partial charge in [-0.1, -0.05) is 23.7 Å². The number of esters is 1. The van der Waals surface area contributed by atoms with Crippen molar-refractivity contribution >= 4 is 55.9 Å². The third-order valence-electron chi connectivity index (χ3n) is 5.31. The number of aromatic nitrogens is 2. The average Bonchev–Trinajstić information content (AvgIpc) is 3.11. The van der Waals surface area contributed by atoms with E-state index in [1.54, 1.807) is 13.0 Å². The molecule has 3 aromatic rings. The summed E-state index contributed by atoms with van der Waals surface area (Å²) in [6.07, 6.45) is 5.53. The van der Waals surface area contributed by atoms with Gasteiger partial charge in [-0.2, -0.15) is 0 Å². The number of thiophene rings is 1. The number of hydrogen-bond acceptors (Lipinski definition) is 6. The largest absolute Gasteiger partial charge is 0.465 e. The average molecular weight is 444 g/mol. The van der Waals surface area contributed by atoms with Crippen LogP contribution in [0.25, 0.3) is 21.3 Å².